The van der Waals surface area contributed by atoms with E-state index in [1.54, 1.807) is 11.6 Å². The molecule has 1 aromatic heterocycles. The second-order valence-electron chi connectivity index (χ2n) is 4.01. The summed E-state index contributed by atoms with van der Waals surface area (Å²) in [5, 5.41) is 14.8. The van der Waals surface area contributed by atoms with Gasteiger partial charge in [-0.25, -0.2) is 0 Å². The van der Waals surface area contributed by atoms with Crippen LogP contribution in [0.25, 0.3) is 0 Å². The minimum Gasteiger partial charge on any atom is -0.381 e. The molecule has 0 saturated carbocycles. The van der Waals surface area contributed by atoms with Crippen LogP contribution in [0.1, 0.15) is 31.0 Å². The molecule has 1 atom stereocenters. The van der Waals surface area contributed by atoms with Gasteiger partial charge in [0, 0.05) is 13.2 Å². The van der Waals surface area contributed by atoms with Gasteiger partial charge in [-0.1, -0.05) is 0 Å². The molecular formula is C10H15N3O3. The molecule has 1 aliphatic rings. The highest BCUT2D eigenvalue weighted by Crippen LogP contribution is 2.26. The number of nitro groups is 1. The highest BCUT2D eigenvalue weighted by atomic mass is 16.6. The largest absolute Gasteiger partial charge is 0.381 e. The fourth-order valence-corrected chi connectivity index (χ4v) is 2.09. The zero-order chi connectivity index (χ0) is 11.5. The summed E-state index contributed by atoms with van der Waals surface area (Å²) < 4.78 is 7.14. The lowest BCUT2D eigenvalue weighted by Crippen LogP contribution is -2.12. The Bertz CT molecular complexity index is 381. The average Bonchev–Trinajstić information content (AvgIpc) is 2.50. The summed E-state index contributed by atoms with van der Waals surface area (Å²) in [6.07, 6.45) is 4.16. The summed E-state index contributed by atoms with van der Waals surface area (Å²) >= 11 is 0. The van der Waals surface area contributed by atoms with Crippen LogP contribution < -0.4 is 0 Å². The molecule has 0 amide bonds. The Morgan fingerprint density at radius 2 is 2.38 bits per heavy atom. The first kappa shape index (κ1) is 11.1. The molecule has 1 fully saturated rings. The van der Waals surface area contributed by atoms with Crippen molar-refractivity contribution in [2.75, 3.05) is 13.2 Å². The Kier molecular flexibility index (Phi) is 3.19. The van der Waals surface area contributed by atoms with E-state index in [-0.39, 0.29) is 16.7 Å². The van der Waals surface area contributed by atoms with Crippen LogP contribution in [-0.4, -0.2) is 27.9 Å². The predicted octanol–water partition coefficient (Wildman–Crippen LogP) is 1.84. The Balaban J connectivity index is 2.22. The third-order valence-electron chi connectivity index (χ3n) is 2.98. The lowest BCUT2D eigenvalue weighted by molar-refractivity contribution is -0.385. The van der Waals surface area contributed by atoms with Gasteiger partial charge >= 0.3 is 5.69 Å². The minimum absolute atomic E-state index is 0.102. The van der Waals surface area contributed by atoms with E-state index in [9.17, 15) is 10.1 Å². The van der Waals surface area contributed by atoms with E-state index in [0.29, 0.717) is 12.3 Å². The lowest BCUT2D eigenvalue weighted by Gasteiger charge is -2.15. The zero-order valence-electron chi connectivity index (χ0n) is 9.26. The molecule has 2 rings (SSSR count). The van der Waals surface area contributed by atoms with E-state index in [2.05, 4.69) is 5.10 Å². The Labute approximate surface area is 93.4 Å². The van der Waals surface area contributed by atoms with Gasteiger partial charge in [0.15, 0.2) is 0 Å². The van der Waals surface area contributed by atoms with E-state index in [1.165, 1.54) is 6.20 Å². The Hall–Kier alpha value is -1.43. The number of aromatic nitrogens is 2. The number of nitrogens with zero attached hydrogens (tertiary/aromatic N) is 3. The molecule has 1 saturated heterocycles. The quantitative estimate of drug-likeness (QED) is 0.568. The molecule has 88 valence electrons. The molecule has 2 heterocycles. The van der Waals surface area contributed by atoms with E-state index >= 15 is 0 Å². The van der Waals surface area contributed by atoms with Gasteiger partial charge in [-0.2, -0.15) is 5.10 Å². The zero-order valence-corrected chi connectivity index (χ0v) is 9.26. The van der Waals surface area contributed by atoms with Gasteiger partial charge in [-0.05, 0) is 26.2 Å². The van der Waals surface area contributed by atoms with Gasteiger partial charge in [0.25, 0.3) is 0 Å². The van der Waals surface area contributed by atoms with Crippen molar-refractivity contribution >= 4 is 5.69 Å². The molecule has 0 bridgehead atoms. The van der Waals surface area contributed by atoms with Crippen molar-refractivity contribution in [3.63, 3.8) is 0 Å². The second kappa shape index (κ2) is 4.61. The Morgan fingerprint density at radius 1 is 1.56 bits per heavy atom. The fourth-order valence-electron chi connectivity index (χ4n) is 2.09. The lowest BCUT2D eigenvalue weighted by atomic mass is 10.1. The third kappa shape index (κ3) is 2.06. The van der Waals surface area contributed by atoms with Crippen molar-refractivity contribution in [1.82, 2.24) is 9.78 Å². The fraction of sp³-hybridized carbons (Fsp3) is 0.700. The SMILES string of the molecule is Cc1c([N+](=O)[O-])cnn1C1CCCOCC1. The third-order valence-corrected chi connectivity index (χ3v) is 2.98. The smallest absolute Gasteiger partial charge is 0.309 e. The van der Waals surface area contributed by atoms with Crippen LogP contribution in [-0.2, 0) is 4.74 Å². The maximum Gasteiger partial charge on any atom is 0.309 e. The van der Waals surface area contributed by atoms with Crippen LogP contribution in [0.3, 0.4) is 0 Å². The minimum atomic E-state index is -0.383. The number of hydrogen-bond donors (Lipinski definition) is 0. The molecule has 0 aromatic carbocycles. The van der Waals surface area contributed by atoms with Gasteiger partial charge in [0.05, 0.1) is 11.0 Å². The van der Waals surface area contributed by atoms with E-state index < -0.39 is 0 Å². The highest BCUT2D eigenvalue weighted by Gasteiger charge is 2.22. The highest BCUT2D eigenvalue weighted by molar-refractivity contribution is 5.31. The molecule has 1 aromatic rings. The molecular weight excluding hydrogens is 210 g/mol. The first-order chi connectivity index (χ1) is 7.70. The van der Waals surface area contributed by atoms with Crippen molar-refractivity contribution in [2.45, 2.75) is 32.2 Å². The summed E-state index contributed by atoms with van der Waals surface area (Å²) in [5.41, 5.74) is 0.738. The summed E-state index contributed by atoms with van der Waals surface area (Å²) in [4.78, 5) is 10.3. The van der Waals surface area contributed by atoms with Crippen LogP contribution in [0.4, 0.5) is 5.69 Å². The summed E-state index contributed by atoms with van der Waals surface area (Å²) in [6, 6.07) is 0.233. The first-order valence-electron chi connectivity index (χ1n) is 5.46. The summed E-state index contributed by atoms with van der Waals surface area (Å²) in [6.45, 7) is 3.23. The van der Waals surface area contributed by atoms with Crippen LogP contribution in [0, 0.1) is 17.0 Å². The molecule has 16 heavy (non-hydrogen) atoms. The van der Waals surface area contributed by atoms with Gasteiger partial charge in [0.1, 0.15) is 11.9 Å². The number of hydrogen-bond acceptors (Lipinski definition) is 4. The second-order valence-corrected chi connectivity index (χ2v) is 4.01. The number of ether oxygens (including phenoxy) is 1. The van der Waals surface area contributed by atoms with Crippen LogP contribution in [0.2, 0.25) is 0 Å². The molecule has 1 aliphatic heterocycles. The molecule has 0 aliphatic carbocycles. The van der Waals surface area contributed by atoms with Gasteiger partial charge in [0.2, 0.25) is 0 Å². The standard InChI is InChI=1S/C10H15N3O3/c1-8-10(13(14)15)7-11-12(8)9-3-2-5-16-6-4-9/h7,9H,2-6H2,1H3. The monoisotopic (exact) mass is 225 g/mol. The van der Waals surface area contributed by atoms with Gasteiger partial charge in [-0.3, -0.25) is 14.8 Å². The average molecular weight is 225 g/mol. The molecule has 1 unspecified atom stereocenters. The first-order valence-corrected chi connectivity index (χ1v) is 5.46. The maximum absolute atomic E-state index is 10.7. The molecule has 0 radical (unpaired) electrons. The molecule has 6 heteroatoms. The van der Waals surface area contributed by atoms with Crippen LogP contribution in [0.15, 0.2) is 6.20 Å². The number of rotatable bonds is 2. The van der Waals surface area contributed by atoms with E-state index in [0.717, 1.165) is 25.9 Å². The topological polar surface area (TPSA) is 70.2 Å². The van der Waals surface area contributed by atoms with E-state index in [1.807, 2.05) is 0 Å². The van der Waals surface area contributed by atoms with Crippen LogP contribution >= 0.6 is 0 Å². The van der Waals surface area contributed by atoms with Gasteiger partial charge < -0.3 is 4.74 Å². The van der Waals surface area contributed by atoms with Crippen molar-refractivity contribution in [3.05, 3.63) is 22.0 Å². The molecule has 0 spiro atoms. The molecule has 6 nitrogen and oxygen atoms in total. The Morgan fingerprint density at radius 3 is 3.06 bits per heavy atom. The summed E-state index contributed by atoms with van der Waals surface area (Å²) in [5.74, 6) is 0. The van der Waals surface area contributed by atoms with Crippen molar-refractivity contribution in [1.29, 1.82) is 0 Å². The van der Waals surface area contributed by atoms with E-state index in [4.69, 9.17) is 4.74 Å². The van der Waals surface area contributed by atoms with Crippen molar-refractivity contribution in [2.24, 2.45) is 0 Å². The van der Waals surface area contributed by atoms with Crippen molar-refractivity contribution < 1.29 is 9.66 Å². The predicted molar refractivity (Wildman–Crippen MR) is 57.3 cm³/mol. The van der Waals surface area contributed by atoms with Crippen LogP contribution in [0.5, 0.6) is 0 Å². The van der Waals surface area contributed by atoms with Crippen molar-refractivity contribution in [3.8, 4) is 0 Å². The summed E-state index contributed by atoms with van der Waals surface area (Å²) in [7, 11) is 0. The van der Waals surface area contributed by atoms with Gasteiger partial charge in [-0.15, -0.1) is 0 Å². The molecule has 0 N–H and O–H groups in total. The normalized spacial score (nSPS) is 21.7. The maximum atomic E-state index is 10.7.